The summed E-state index contributed by atoms with van der Waals surface area (Å²) in [6, 6.07) is 7.46. The zero-order valence-electron chi connectivity index (χ0n) is 12.9. The molecular weight excluding hydrogens is 268 g/mol. The number of carbonyl (C=O) groups is 1. The van der Waals surface area contributed by atoms with Crippen LogP contribution in [0.15, 0.2) is 24.3 Å². The van der Waals surface area contributed by atoms with Gasteiger partial charge in [0.25, 0.3) is 0 Å². The van der Waals surface area contributed by atoms with Crippen LogP contribution in [0.5, 0.6) is 0 Å². The van der Waals surface area contributed by atoms with Gasteiger partial charge in [0.05, 0.1) is 11.7 Å². The summed E-state index contributed by atoms with van der Waals surface area (Å²) in [6.07, 6.45) is 3.17. The van der Waals surface area contributed by atoms with E-state index in [4.69, 9.17) is 9.47 Å². The van der Waals surface area contributed by atoms with E-state index in [1.807, 2.05) is 31.2 Å². The monoisotopic (exact) mass is 292 g/mol. The van der Waals surface area contributed by atoms with Crippen molar-refractivity contribution in [2.45, 2.75) is 37.9 Å². The summed E-state index contributed by atoms with van der Waals surface area (Å²) < 4.78 is 10.8. The Labute approximate surface area is 126 Å². The van der Waals surface area contributed by atoms with Crippen molar-refractivity contribution in [1.82, 2.24) is 5.32 Å². The first-order chi connectivity index (χ1) is 10.1. The lowest BCUT2D eigenvalue weighted by atomic mass is 9.80. The molecule has 0 aliphatic heterocycles. The topological polar surface area (TPSA) is 59.6 Å². The van der Waals surface area contributed by atoms with Gasteiger partial charge in [-0.25, -0.2) is 4.79 Å². The second-order valence-electron chi connectivity index (χ2n) is 5.55. The Hall–Kier alpha value is -1.59. The molecule has 2 amide bonds. The summed E-state index contributed by atoms with van der Waals surface area (Å²) in [5.41, 5.74) is 1.63. The van der Waals surface area contributed by atoms with Crippen LogP contribution in [-0.4, -0.2) is 32.4 Å². The highest BCUT2D eigenvalue weighted by molar-refractivity contribution is 5.89. The molecule has 1 aromatic rings. The third-order valence-electron chi connectivity index (χ3n) is 4.24. The molecule has 1 saturated carbocycles. The maximum Gasteiger partial charge on any atom is 0.319 e. The van der Waals surface area contributed by atoms with Crippen LogP contribution in [0.4, 0.5) is 10.5 Å². The van der Waals surface area contributed by atoms with E-state index >= 15 is 0 Å². The van der Waals surface area contributed by atoms with E-state index in [9.17, 15) is 4.79 Å². The highest BCUT2D eigenvalue weighted by atomic mass is 16.5. The minimum atomic E-state index is -0.208. The van der Waals surface area contributed by atoms with Crippen LogP contribution in [0, 0.1) is 0 Å². The van der Waals surface area contributed by atoms with Gasteiger partial charge in [-0.3, -0.25) is 0 Å². The maximum absolute atomic E-state index is 12.0. The predicted octanol–water partition coefficient (Wildman–Crippen LogP) is 3.08. The molecule has 1 unspecified atom stereocenters. The number of methoxy groups -OCH3 is 2. The number of nitrogens with one attached hydrogen (secondary N) is 2. The molecule has 1 aliphatic rings. The Bertz CT molecular complexity index is 481. The number of hydrogen-bond donors (Lipinski definition) is 2. The second-order valence-corrected chi connectivity index (χ2v) is 5.55. The highest BCUT2D eigenvalue weighted by Gasteiger charge is 2.37. The largest absolute Gasteiger partial charge is 0.377 e. The van der Waals surface area contributed by atoms with E-state index < -0.39 is 0 Å². The highest BCUT2D eigenvalue weighted by Crippen LogP contribution is 2.34. The van der Waals surface area contributed by atoms with Crippen LogP contribution < -0.4 is 10.6 Å². The zero-order chi connectivity index (χ0) is 15.3. The molecule has 0 spiro atoms. The summed E-state index contributed by atoms with van der Waals surface area (Å²) in [6.45, 7) is 2.52. The molecule has 1 fully saturated rings. The fraction of sp³-hybridized carbons (Fsp3) is 0.562. The standard InChI is InChI=1S/C16H24N2O3/c1-12(20-2)13-6-4-7-14(10-13)18-15(19)17-11-16(21-3)8-5-9-16/h4,6-7,10,12H,5,8-9,11H2,1-3H3,(H2,17,18,19). The van der Waals surface area contributed by atoms with Crippen molar-refractivity contribution < 1.29 is 14.3 Å². The van der Waals surface area contributed by atoms with Gasteiger partial charge in [0.15, 0.2) is 0 Å². The smallest absolute Gasteiger partial charge is 0.319 e. The van der Waals surface area contributed by atoms with Gasteiger partial charge in [0, 0.05) is 26.5 Å². The molecule has 0 heterocycles. The lowest BCUT2D eigenvalue weighted by molar-refractivity contribution is -0.0671. The molecule has 2 rings (SSSR count). The summed E-state index contributed by atoms with van der Waals surface area (Å²) in [5.74, 6) is 0. The van der Waals surface area contributed by atoms with Crippen LogP contribution >= 0.6 is 0 Å². The molecule has 1 atom stereocenters. The number of urea groups is 1. The van der Waals surface area contributed by atoms with Gasteiger partial charge in [-0.1, -0.05) is 12.1 Å². The average Bonchev–Trinajstić information content (AvgIpc) is 2.46. The van der Waals surface area contributed by atoms with Gasteiger partial charge >= 0.3 is 6.03 Å². The molecular formula is C16H24N2O3. The molecule has 5 nitrogen and oxygen atoms in total. The van der Waals surface area contributed by atoms with Crippen molar-refractivity contribution in [3.05, 3.63) is 29.8 Å². The number of rotatable bonds is 6. The third-order valence-corrected chi connectivity index (χ3v) is 4.24. The molecule has 2 N–H and O–H groups in total. The van der Waals surface area contributed by atoms with Gasteiger partial charge in [-0.15, -0.1) is 0 Å². The van der Waals surface area contributed by atoms with Gasteiger partial charge in [-0.05, 0) is 43.9 Å². The van der Waals surface area contributed by atoms with Gasteiger partial charge < -0.3 is 20.1 Å². The van der Waals surface area contributed by atoms with Crippen LogP contribution in [0.3, 0.4) is 0 Å². The second kappa shape index (κ2) is 6.91. The molecule has 116 valence electrons. The van der Waals surface area contributed by atoms with E-state index in [1.165, 1.54) is 0 Å². The molecule has 0 bridgehead atoms. The predicted molar refractivity (Wildman–Crippen MR) is 82.5 cm³/mol. The zero-order valence-corrected chi connectivity index (χ0v) is 12.9. The lowest BCUT2D eigenvalue weighted by Crippen LogP contribution is -2.50. The molecule has 0 aromatic heterocycles. The van der Waals surface area contributed by atoms with Crippen molar-refractivity contribution in [3.63, 3.8) is 0 Å². The summed E-state index contributed by atoms with van der Waals surface area (Å²) in [7, 11) is 3.37. The number of ether oxygens (including phenoxy) is 2. The minimum absolute atomic E-state index is 0.00143. The molecule has 1 aliphatic carbocycles. The molecule has 21 heavy (non-hydrogen) atoms. The Morgan fingerprint density at radius 3 is 2.71 bits per heavy atom. The Morgan fingerprint density at radius 1 is 1.38 bits per heavy atom. The van der Waals surface area contributed by atoms with E-state index in [-0.39, 0.29) is 17.7 Å². The Kier molecular flexibility index (Phi) is 5.20. The van der Waals surface area contributed by atoms with Gasteiger partial charge in [-0.2, -0.15) is 0 Å². The van der Waals surface area contributed by atoms with Crippen LogP contribution in [0.25, 0.3) is 0 Å². The van der Waals surface area contributed by atoms with E-state index in [2.05, 4.69) is 10.6 Å². The Balaban J connectivity index is 1.87. The average molecular weight is 292 g/mol. The van der Waals surface area contributed by atoms with Crippen molar-refractivity contribution in [3.8, 4) is 0 Å². The number of hydrogen-bond acceptors (Lipinski definition) is 3. The SMILES string of the molecule is COC(C)c1cccc(NC(=O)NCC2(OC)CCC2)c1. The van der Waals surface area contributed by atoms with Crippen molar-refractivity contribution in [2.24, 2.45) is 0 Å². The molecule has 5 heteroatoms. The van der Waals surface area contributed by atoms with Crippen molar-refractivity contribution in [1.29, 1.82) is 0 Å². The first-order valence-corrected chi connectivity index (χ1v) is 7.31. The minimum Gasteiger partial charge on any atom is -0.377 e. The first-order valence-electron chi connectivity index (χ1n) is 7.31. The number of benzene rings is 1. The summed E-state index contributed by atoms with van der Waals surface area (Å²) in [5, 5.41) is 5.73. The molecule has 1 aromatic carbocycles. The fourth-order valence-electron chi connectivity index (χ4n) is 2.45. The van der Waals surface area contributed by atoms with Crippen LogP contribution in [-0.2, 0) is 9.47 Å². The Morgan fingerprint density at radius 2 is 2.14 bits per heavy atom. The van der Waals surface area contributed by atoms with E-state index in [0.29, 0.717) is 6.54 Å². The maximum atomic E-state index is 12.0. The third kappa shape index (κ3) is 3.95. The normalized spacial score (nSPS) is 17.7. The molecule has 0 radical (unpaired) electrons. The van der Waals surface area contributed by atoms with Gasteiger partial charge in [0.1, 0.15) is 0 Å². The number of carbonyl (C=O) groups excluding carboxylic acids is 1. The number of anilines is 1. The first kappa shape index (κ1) is 15.8. The van der Waals surface area contributed by atoms with Gasteiger partial charge in [0.2, 0.25) is 0 Å². The summed E-state index contributed by atoms with van der Waals surface area (Å²) >= 11 is 0. The van der Waals surface area contributed by atoms with E-state index in [0.717, 1.165) is 30.5 Å². The van der Waals surface area contributed by atoms with Crippen LogP contribution in [0.2, 0.25) is 0 Å². The number of amides is 2. The van der Waals surface area contributed by atoms with Crippen molar-refractivity contribution >= 4 is 11.7 Å². The fourth-order valence-corrected chi connectivity index (χ4v) is 2.45. The van der Waals surface area contributed by atoms with Crippen molar-refractivity contribution in [2.75, 3.05) is 26.1 Å². The lowest BCUT2D eigenvalue weighted by Gasteiger charge is -2.40. The van der Waals surface area contributed by atoms with Crippen LogP contribution in [0.1, 0.15) is 37.9 Å². The molecule has 0 saturated heterocycles. The van der Waals surface area contributed by atoms with E-state index in [1.54, 1.807) is 14.2 Å². The summed E-state index contributed by atoms with van der Waals surface area (Å²) in [4.78, 5) is 12.0. The quantitative estimate of drug-likeness (QED) is 0.847.